The number of rotatable bonds is 3. The van der Waals surface area contributed by atoms with Crippen LogP contribution in [0.15, 0.2) is 18.3 Å². The third kappa shape index (κ3) is 3.02. The summed E-state index contributed by atoms with van der Waals surface area (Å²) in [7, 11) is 0. The van der Waals surface area contributed by atoms with Gasteiger partial charge in [0.1, 0.15) is 6.61 Å². The zero-order chi connectivity index (χ0) is 10.4. The number of pyridine rings is 1. The Balaban J connectivity index is 2.52. The highest BCUT2D eigenvalue weighted by molar-refractivity contribution is 5.85. The van der Waals surface area contributed by atoms with Crippen molar-refractivity contribution in [2.45, 2.75) is 6.92 Å². The second kappa shape index (κ2) is 5.18. The minimum atomic E-state index is -0.588. The van der Waals surface area contributed by atoms with Crippen LogP contribution in [-0.2, 0) is 4.74 Å². The van der Waals surface area contributed by atoms with Crippen LogP contribution in [0.5, 0.6) is 0 Å². The molecule has 2 N–H and O–H groups in total. The lowest BCUT2D eigenvalue weighted by Crippen LogP contribution is -2.16. The molecule has 0 aromatic carbocycles. The molecule has 14 heavy (non-hydrogen) atoms. The molecule has 0 atom stereocenters. The zero-order valence-electron chi connectivity index (χ0n) is 7.86. The summed E-state index contributed by atoms with van der Waals surface area (Å²) in [5.74, 6) is 0. The molecule has 0 aliphatic rings. The van der Waals surface area contributed by atoms with E-state index in [4.69, 9.17) is 5.11 Å². The molecule has 76 valence electrons. The van der Waals surface area contributed by atoms with Gasteiger partial charge in [0.25, 0.3) is 0 Å². The minimum absolute atomic E-state index is 0.00879. The van der Waals surface area contributed by atoms with Gasteiger partial charge in [-0.3, -0.25) is 10.3 Å². The molecule has 0 aliphatic heterocycles. The number of aliphatic hydroxyl groups is 1. The van der Waals surface area contributed by atoms with Gasteiger partial charge in [-0.15, -0.1) is 0 Å². The lowest BCUT2D eigenvalue weighted by Gasteiger charge is -2.06. The fourth-order valence-electron chi connectivity index (χ4n) is 0.901. The Morgan fingerprint density at radius 3 is 3.14 bits per heavy atom. The molecule has 1 rings (SSSR count). The minimum Gasteiger partial charge on any atom is -0.447 e. The fourth-order valence-corrected chi connectivity index (χ4v) is 0.901. The third-order valence-electron chi connectivity index (χ3n) is 1.57. The number of hydrogen-bond donors (Lipinski definition) is 2. The molecule has 1 aromatic heterocycles. The van der Waals surface area contributed by atoms with Crippen molar-refractivity contribution < 1.29 is 14.6 Å². The second-order valence-electron chi connectivity index (χ2n) is 2.62. The average molecular weight is 196 g/mol. The van der Waals surface area contributed by atoms with Crippen LogP contribution in [0.1, 0.15) is 5.69 Å². The maximum absolute atomic E-state index is 11.1. The molecule has 1 heterocycles. The molecule has 5 heteroatoms. The van der Waals surface area contributed by atoms with E-state index in [1.54, 1.807) is 25.3 Å². The Morgan fingerprint density at radius 1 is 1.71 bits per heavy atom. The number of carbonyl (C=O) groups excluding carboxylic acids is 1. The summed E-state index contributed by atoms with van der Waals surface area (Å²) in [5, 5.41) is 10.9. The van der Waals surface area contributed by atoms with Crippen LogP contribution >= 0.6 is 0 Å². The van der Waals surface area contributed by atoms with E-state index in [1.165, 1.54) is 0 Å². The number of ether oxygens (including phenoxy) is 1. The van der Waals surface area contributed by atoms with E-state index in [1.807, 2.05) is 0 Å². The third-order valence-corrected chi connectivity index (χ3v) is 1.57. The largest absolute Gasteiger partial charge is 0.447 e. The molecule has 0 radical (unpaired) electrons. The van der Waals surface area contributed by atoms with E-state index in [9.17, 15) is 4.79 Å². The highest BCUT2D eigenvalue weighted by atomic mass is 16.6. The number of aromatic nitrogens is 1. The number of nitrogens with zero attached hydrogens (tertiary/aromatic N) is 1. The molecule has 5 nitrogen and oxygen atoms in total. The van der Waals surface area contributed by atoms with E-state index in [0.29, 0.717) is 11.4 Å². The summed E-state index contributed by atoms with van der Waals surface area (Å²) >= 11 is 0. The topological polar surface area (TPSA) is 71.5 Å². The van der Waals surface area contributed by atoms with Gasteiger partial charge in [0.15, 0.2) is 0 Å². The van der Waals surface area contributed by atoms with Crippen molar-refractivity contribution in [2.75, 3.05) is 18.5 Å². The molecule has 0 unspecified atom stereocenters. The van der Waals surface area contributed by atoms with Gasteiger partial charge in [0, 0.05) is 6.20 Å². The maximum atomic E-state index is 11.1. The number of nitrogens with one attached hydrogen (secondary N) is 1. The van der Waals surface area contributed by atoms with Crippen LogP contribution in [0, 0.1) is 6.92 Å². The van der Waals surface area contributed by atoms with Crippen molar-refractivity contribution in [3.8, 4) is 0 Å². The van der Waals surface area contributed by atoms with Crippen molar-refractivity contribution in [1.29, 1.82) is 0 Å². The number of carbonyl (C=O) groups is 1. The van der Waals surface area contributed by atoms with Crippen LogP contribution in [0.2, 0.25) is 0 Å². The summed E-state index contributed by atoms with van der Waals surface area (Å²) in [6, 6.07) is 3.44. The van der Waals surface area contributed by atoms with E-state index >= 15 is 0 Å². The molecule has 0 saturated heterocycles. The van der Waals surface area contributed by atoms with Gasteiger partial charge in [-0.25, -0.2) is 4.79 Å². The monoisotopic (exact) mass is 196 g/mol. The Labute approximate surface area is 81.7 Å². The number of hydrogen-bond acceptors (Lipinski definition) is 4. The first-order valence-corrected chi connectivity index (χ1v) is 4.20. The first kappa shape index (κ1) is 10.5. The van der Waals surface area contributed by atoms with Crippen LogP contribution in [0.25, 0.3) is 0 Å². The molecule has 0 bridgehead atoms. The standard InChI is InChI=1S/C9H12N2O3/c1-7-8(3-2-4-10-7)11-9(13)14-6-5-12/h2-4,12H,5-6H2,1H3,(H,11,13). The zero-order valence-corrected chi connectivity index (χ0v) is 7.86. The second-order valence-corrected chi connectivity index (χ2v) is 2.62. The number of amides is 1. The quantitative estimate of drug-likeness (QED) is 0.754. The van der Waals surface area contributed by atoms with Gasteiger partial charge in [-0.05, 0) is 19.1 Å². The van der Waals surface area contributed by atoms with E-state index in [-0.39, 0.29) is 13.2 Å². The van der Waals surface area contributed by atoms with Gasteiger partial charge >= 0.3 is 6.09 Å². The lowest BCUT2D eigenvalue weighted by molar-refractivity contribution is 0.131. The van der Waals surface area contributed by atoms with E-state index in [2.05, 4.69) is 15.0 Å². The van der Waals surface area contributed by atoms with Crippen molar-refractivity contribution >= 4 is 11.8 Å². The highest BCUT2D eigenvalue weighted by Crippen LogP contribution is 2.10. The molecule has 0 saturated carbocycles. The summed E-state index contributed by atoms with van der Waals surface area (Å²) in [4.78, 5) is 15.0. The van der Waals surface area contributed by atoms with Gasteiger partial charge in [0.2, 0.25) is 0 Å². The number of aliphatic hydroxyl groups excluding tert-OH is 1. The van der Waals surface area contributed by atoms with Crippen LogP contribution in [-0.4, -0.2) is 29.4 Å². The number of aryl methyl sites for hydroxylation is 1. The molecule has 0 fully saturated rings. The normalized spacial score (nSPS) is 9.57. The lowest BCUT2D eigenvalue weighted by atomic mass is 10.3. The van der Waals surface area contributed by atoms with E-state index < -0.39 is 6.09 Å². The first-order valence-electron chi connectivity index (χ1n) is 4.20. The fraction of sp³-hybridized carbons (Fsp3) is 0.333. The average Bonchev–Trinajstić information content (AvgIpc) is 2.18. The predicted octanol–water partition coefficient (Wildman–Crippen LogP) is 0.931. The van der Waals surface area contributed by atoms with Gasteiger partial charge in [-0.1, -0.05) is 0 Å². The smallest absolute Gasteiger partial charge is 0.411 e. The molecule has 0 spiro atoms. The highest BCUT2D eigenvalue weighted by Gasteiger charge is 2.04. The Hall–Kier alpha value is -1.62. The Morgan fingerprint density at radius 2 is 2.50 bits per heavy atom. The molecule has 1 amide bonds. The molecule has 1 aromatic rings. The molecular formula is C9H12N2O3. The molecular weight excluding hydrogens is 184 g/mol. The van der Waals surface area contributed by atoms with Crippen molar-refractivity contribution in [2.24, 2.45) is 0 Å². The van der Waals surface area contributed by atoms with Crippen molar-refractivity contribution in [3.63, 3.8) is 0 Å². The molecule has 0 aliphatic carbocycles. The summed E-state index contributed by atoms with van der Waals surface area (Å²) < 4.78 is 4.62. The van der Waals surface area contributed by atoms with Crippen LogP contribution < -0.4 is 5.32 Å². The van der Waals surface area contributed by atoms with Crippen LogP contribution in [0.3, 0.4) is 0 Å². The SMILES string of the molecule is Cc1ncccc1NC(=O)OCCO. The van der Waals surface area contributed by atoms with Gasteiger partial charge in [0.05, 0.1) is 18.0 Å². The van der Waals surface area contributed by atoms with Crippen LogP contribution in [0.4, 0.5) is 10.5 Å². The first-order chi connectivity index (χ1) is 6.74. The summed E-state index contributed by atoms with van der Waals surface area (Å²) in [5.41, 5.74) is 1.32. The summed E-state index contributed by atoms with van der Waals surface area (Å²) in [6.45, 7) is 1.59. The summed E-state index contributed by atoms with van der Waals surface area (Å²) in [6.07, 6.45) is 1.05. The Bertz CT molecular complexity index is 315. The maximum Gasteiger partial charge on any atom is 0.411 e. The van der Waals surface area contributed by atoms with Gasteiger partial charge in [-0.2, -0.15) is 0 Å². The van der Waals surface area contributed by atoms with Gasteiger partial charge < -0.3 is 9.84 Å². The van der Waals surface area contributed by atoms with E-state index in [0.717, 1.165) is 0 Å². The number of anilines is 1. The van der Waals surface area contributed by atoms with Crippen molar-refractivity contribution in [3.05, 3.63) is 24.0 Å². The predicted molar refractivity (Wildman–Crippen MR) is 51.0 cm³/mol. The van der Waals surface area contributed by atoms with Crippen molar-refractivity contribution in [1.82, 2.24) is 4.98 Å². The Kier molecular flexibility index (Phi) is 3.87.